The van der Waals surface area contributed by atoms with Gasteiger partial charge in [0, 0.05) is 0 Å². The van der Waals surface area contributed by atoms with Crippen LogP contribution in [-0.2, 0) is 0 Å². The van der Waals surface area contributed by atoms with Crippen molar-refractivity contribution in [1.82, 2.24) is 0 Å². The van der Waals surface area contributed by atoms with Gasteiger partial charge in [0.25, 0.3) is 0 Å². The molecule has 1 radical (unpaired) electrons. The fourth-order valence-electron chi connectivity index (χ4n) is 0.520. The van der Waals surface area contributed by atoms with Crippen LogP contribution in [-0.4, -0.2) is 24.0 Å². The highest BCUT2D eigenvalue weighted by molar-refractivity contribution is 7.99. The number of thioether (sulfide) groups is 2. The lowest BCUT2D eigenvalue weighted by Gasteiger charge is -2.04. The first-order valence-corrected chi connectivity index (χ1v) is 5.41. The van der Waals surface area contributed by atoms with Crippen molar-refractivity contribution in [1.29, 1.82) is 0 Å². The molecule has 0 aromatic rings. The van der Waals surface area contributed by atoms with Crippen LogP contribution in [0.5, 0.6) is 0 Å². The Bertz CT molecular complexity index is 39.8. The van der Waals surface area contributed by atoms with Gasteiger partial charge in [0.05, 0.1) is 0 Å². The van der Waals surface area contributed by atoms with Crippen LogP contribution in [0.1, 0.15) is 0 Å². The molecule has 49 valence electrons. The zero-order valence-corrected chi connectivity index (χ0v) is 7.15. The van der Waals surface area contributed by atoms with E-state index in [1.54, 1.807) is 0 Å². The average molecular weight is 149 g/mol. The van der Waals surface area contributed by atoms with Crippen molar-refractivity contribution in [2.45, 2.75) is 0 Å². The lowest BCUT2D eigenvalue weighted by molar-refractivity contribution is 0.860. The molecule has 0 fully saturated rings. The third-order valence-corrected chi connectivity index (χ3v) is 2.41. The first-order valence-electron chi connectivity index (χ1n) is 2.62. The smallest absolute Gasteiger partial charge is 0.00340 e. The maximum atomic E-state index is 3.98. The van der Waals surface area contributed by atoms with E-state index < -0.39 is 0 Å². The maximum Gasteiger partial charge on any atom is -0.00340 e. The fraction of sp³-hybridized carbons (Fsp3) is 0.833. The Morgan fingerprint density at radius 1 is 1.25 bits per heavy atom. The van der Waals surface area contributed by atoms with Gasteiger partial charge in [0.15, 0.2) is 0 Å². The molecule has 0 spiro atoms. The van der Waals surface area contributed by atoms with Crippen LogP contribution in [0, 0.1) is 12.8 Å². The van der Waals surface area contributed by atoms with Crippen molar-refractivity contribution in [2.24, 2.45) is 5.92 Å². The first-order chi connectivity index (χ1) is 3.81. The molecule has 0 saturated carbocycles. The van der Waals surface area contributed by atoms with Crippen LogP contribution in [0.15, 0.2) is 0 Å². The standard InChI is InChI=1S/C6H13S2/c1-6(4-7-2)5-8-3/h6H,1,4-5H2,2-3H3. The predicted octanol–water partition coefficient (Wildman–Crippen LogP) is 2.16. The average Bonchev–Trinajstić information content (AvgIpc) is 1.68. The van der Waals surface area contributed by atoms with Gasteiger partial charge in [0.1, 0.15) is 0 Å². The molecule has 0 bridgehead atoms. The summed E-state index contributed by atoms with van der Waals surface area (Å²) in [5.41, 5.74) is 0. The maximum absolute atomic E-state index is 3.98. The van der Waals surface area contributed by atoms with Crippen molar-refractivity contribution in [3.05, 3.63) is 6.92 Å². The number of rotatable bonds is 4. The van der Waals surface area contributed by atoms with E-state index in [0.717, 1.165) is 0 Å². The van der Waals surface area contributed by atoms with Gasteiger partial charge in [0.2, 0.25) is 0 Å². The molecule has 0 heterocycles. The minimum Gasteiger partial charge on any atom is -0.165 e. The molecule has 0 amide bonds. The van der Waals surface area contributed by atoms with E-state index in [4.69, 9.17) is 0 Å². The van der Waals surface area contributed by atoms with Gasteiger partial charge in [-0.3, -0.25) is 0 Å². The van der Waals surface area contributed by atoms with Crippen LogP contribution in [0.4, 0.5) is 0 Å². The second-order valence-corrected chi connectivity index (χ2v) is 3.60. The van der Waals surface area contributed by atoms with Crippen LogP contribution < -0.4 is 0 Å². The molecule has 0 aromatic heterocycles. The van der Waals surface area contributed by atoms with Crippen LogP contribution in [0.2, 0.25) is 0 Å². The number of hydrogen-bond donors (Lipinski definition) is 0. The summed E-state index contributed by atoms with van der Waals surface area (Å²) in [5.74, 6) is 3.03. The van der Waals surface area contributed by atoms with Gasteiger partial charge >= 0.3 is 0 Å². The molecule has 0 aliphatic rings. The Balaban J connectivity index is 2.92. The fourth-order valence-corrected chi connectivity index (χ4v) is 1.85. The molecular formula is C6H13S2. The molecule has 0 unspecified atom stereocenters. The van der Waals surface area contributed by atoms with E-state index in [-0.39, 0.29) is 0 Å². The summed E-state index contributed by atoms with van der Waals surface area (Å²) in [4.78, 5) is 0. The Labute approximate surface area is 60.8 Å². The third-order valence-electron chi connectivity index (χ3n) is 0.805. The van der Waals surface area contributed by atoms with Gasteiger partial charge in [-0.2, -0.15) is 23.5 Å². The van der Waals surface area contributed by atoms with E-state index in [1.807, 2.05) is 23.5 Å². The van der Waals surface area contributed by atoms with Gasteiger partial charge in [-0.15, -0.1) is 0 Å². The summed E-state index contributed by atoms with van der Waals surface area (Å²) in [7, 11) is 0. The molecule has 0 saturated heterocycles. The van der Waals surface area contributed by atoms with Crippen molar-refractivity contribution >= 4 is 23.5 Å². The van der Waals surface area contributed by atoms with E-state index in [2.05, 4.69) is 19.4 Å². The Morgan fingerprint density at radius 3 is 1.88 bits per heavy atom. The lowest BCUT2D eigenvalue weighted by Crippen LogP contribution is -2.00. The summed E-state index contributed by atoms with van der Waals surface area (Å²) in [6.07, 6.45) is 4.25. The molecule has 0 aliphatic heterocycles. The van der Waals surface area contributed by atoms with Crippen molar-refractivity contribution in [3.8, 4) is 0 Å². The molecule has 0 atom stereocenters. The van der Waals surface area contributed by atoms with E-state index >= 15 is 0 Å². The summed E-state index contributed by atoms with van der Waals surface area (Å²) < 4.78 is 0. The van der Waals surface area contributed by atoms with Crippen LogP contribution in [0.25, 0.3) is 0 Å². The molecule has 0 N–H and O–H groups in total. The van der Waals surface area contributed by atoms with Crippen molar-refractivity contribution < 1.29 is 0 Å². The Hall–Kier alpha value is 0.700. The number of hydrogen-bond acceptors (Lipinski definition) is 2. The minimum absolute atomic E-state index is 0.639. The SMILES string of the molecule is [CH2]C(CSC)CSC. The second-order valence-electron chi connectivity index (χ2n) is 1.78. The summed E-state index contributed by atoms with van der Waals surface area (Å²) in [6.45, 7) is 3.98. The normalized spacial score (nSPS) is 10.5. The Kier molecular flexibility index (Phi) is 6.34. The summed E-state index contributed by atoms with van der Waals surface area (Å²) >= 11 is 3.75. The zero-order valence-electron chi connectivity index (χ0n) is 5.52. The third kappa shape index (κ3) is 4.85. The largest absolute Gasteiger partial charge is 0.165 e. The monoisotopic (exact) mass is 149 g/mol. The molecule has 0 aliphatic carbocycles. The summed E-state index contributed by atoms with van der Waals surface area (Å²) in [6, 6.07) is 0. The van der Waals surface area contributed by atoms with E-state index in [9.17, 15) is 0 Å². The topological polar surface area (TPSA) is 0 Å². The van der Waals surface area contributed by atoms with Gasteiger partial charge in [-0.25, -0.2) is 0 Å². The van der Waals surface area contributed by atoms with Crippen molar-refractivity contribution in [2.75, 3.05) is 24.0 Å². The van der Waals surface area contributed by atoms with E-state index in [1.165, 1.54) is 11.5 Å². The molecule has 0 aromatic carbocycles. The second kappa shape index (κ2) is 5.83. The highest BCUT2D eigenvalue weighted by Crippen LogP contribution is 2.08. The molecule has 0 rings (SSSR count). The van der Waals surface area contributed by atoms with Gasteiger partial charge in [-0.05, 0) is 36.9 Å². The van der Waals surface area contributed by atoms with Gasteiger partial charge < -0.3 is 0 Å². The lowest BCUT2D eigenvalue weighted by atomic mass is 10.3. The first kappa shape index (κ1) is 8.70. The zero-order chi connectivity index (χ0) is 6.41. The van der Waals surface area contributed by atoms with Crippen LogP contribution >= 0.6 is 23.5 Å². The quantitative estimate of drug-likeness (QED) is 0.601. The summed E-state index contributed by atoms with van der Waals surface area (Å²) in [5, 5.41) is 0. The molecular weight excluding hydrogens is 136 g/mol. The van der Waals surface area contributed by atoms with Crippen molar-refractivity contribution in [3.63, 3.8) is 0 Å². The predicted molar refractivity (Wildman–Crippen MR) is 45.6 cm³/mol. The molecule has 8 heavy (non-hydrogen) atoms. The molecule has 0 nitrogen and oxygen atoms in total. The van der Waals surface area contributed by atoms with Gasteiger partial charge in [-0.1, -0.05) is 0 Å². The molecule has 2 heteroatoms. The minimum atomic E-state index is 0.639. The highest BCUT2D eigenvalue weighted by atomic mass is 32.2. The van der Waals surface area contributed by atoms with Crippen LogP contribution in [0.3, 0.4) is 0 Å². The Morgan fingerprint density at radius 2 is 1.62 bits per heavy atom. The van der Waals surface area contributed by atoms with E-state index in [0.29, 0.717) is 5.92 Å². The highest BCUT2D eigenvalue weighted by Gasteiger charge is 1.96.